The average molecular weight is 418 g/mol. The maximum Gasteiger partial charge on any atom is 0.310 e. The van der Waals surface area contributed by atoms with Gasteiger partial charge in [-0.15, -0.1) is 0 Å². The number of ketones is 1. The number of halogens is 2. The number of benzene rings is 2. The lowest BCUT2D eigenvalue weighted by Gasteiger charge is -2.16. The molecular formula is C21H17Cl2NO4. The van der Waals surface area contributed by atoms with E-state index in [-0.39, 0.29) is 24.8 Å². The predicted molar refractivity (Wildman–Crippen MR) is 107 cm³/mol. The highest BCUT2D eigenvalue weighted by atomic mass is 35.5. The third-order valence-corrected chi connectivity index (χ3v) is 5.05. The molecule has 2 aromatic rings. The Kier molecular flexibility index (Phi) is 6.17. The summed E-state index contributed by atoms with van der Waals surface area (Å²) in [6.45, 7) is 0. The fourth-order valence-corrected chi connectivity index (χ4v) is 3.52. The number of carbonyl (C=O) groups excluding carboxylic acids is 2. The van der Waals surface area contributed by atoms with E-state index in [4.69, 9.17) is 28.3 Å². The standard InChI is InChI=1S/C21H17Cl2NO4/c22-13-3-1-12(2-4-13)9-20(26)24-19-8-6-15-16(19)5-7-18(23)17(15)10-14(25)11-21(27)28/h1-8,19H,9-11H2,(H,24,26)(H,27,28). The highest BCUT2D eigenvalue weighted by molar-refractivity contribution is 6.32. The number of amides is 1. The lowest BCUT2D eigenvalue weighted by atomic mass is 9.97. The van der Waals surface area contributed by atoms with Gasteiger partial charge in [0.15, 0.2) is 0 Å². The van der Waals surface area contributed by atoms with Gasteiger partial charge in [-0.2, -0.15) is 0 Å². The Bertz CT molecular complexity index is 967. The molecule has 0 saturated heterocycles. The molecule has 28 heavy (non-hydrogen) atoms. The van der Waals surface area contributed by atoms with Gasteiger partial charge in [-0.3, -0.25) is 14.4 Å². The molecule has 1 amide bonds. The van der Waals surface area contributed by atoms with E-state index in [2.05, 4.69) is 5.32 Å². The Balaban J connectivity index is 1.73. The van der Waals surface area contributed by atoms with Gasteiger partial charge >= 0.3 is 5.97 Å². The van der Waals surface area contributed by atoms with Crippen LogP contribution in [0.15, 0.2) is 42.5 Å². The van der Waals surface area contributed by atoms with Gasteiger partial charge < -0.3 is 10.4 Å². The van der Waals surface area contributed by atoms with Crippen LogP contribution in [0.4, 0.5) is 0 Å². The number of Topliss-reactive ketones (excluding diaryl/α,β-unsaturated/α-hetero) is 1. The van der Waals surface area contributed by atoms with E-state index < -0.39 is 18.2 Å². The lowest BCUT2D eigenvalue weighted by Crippen LogP contribution is -2.28. The second-order valence-electron chi connectivity index (χ2n) is 6.52. The summed E-state index contributed by atoms with van der Waals surface area (Å²) >= 11 is 12.1. The Morgan fingerprint density at radius 3 is 2.39 bits per heavy atom. The molecule has 5 nitrogen and oxygen atoms in total. The fraction of sp³-hybridized carbons (Fsp3) is 0.190. The fourth-order valence-electron chi connectivity index (χ4n) is 3.17. The van der Waals surface area contributed by atoms with Crippen LogP contribution >= 0.6 is 23.2 Å². The molecule has 0 fully saturated rings. The summed E-state index contributed by atoms with van der Waals surface area (Å²) < 4.78 is 0. The minimum absolute atomic E-state index is 0.0654. The maximum atomic E-state index is 12.4. The van der Waals surface area contributed by atoms with Crippen molar-refractivity contribution in [3.05, 3.63) is 74.8 Å². The highest BCUT2D eigenvalue weighted by Gasteiger charge is 2.24. The number of carboxylic acid groups (broad SMARTS) is 1. The number of carbonyl (C=O) groups is 3. The molecule has 2 N–H and O–H groups in total. The molecule has 0 radical (unpaired) electrons. The van der Waals surface area contributed by atoms with Crippen LogP contribution in [0.5, 0.6) is 0 Å². The number of rotatable bonds is 7. The lowest BCUT2D eigenvalue weighted by molar-refractivity contribution is -0.140. The maximum absolute atomic E-state index is 12.4. The van der Waals surface area contributed by atoms with Crippen molar-refractivity contribution in [2.45, 2.75) is 25.3 Å². The highest BCUT2D eigenvalue weighted by Crippen LogP contribution is 2.35. The van der Waals surface area contributed by atoms with E-state index in [0.29, 0.717) is 15.6 Å². The van der Waals surface area contributed by atoms with E-state index in [9.17, 15) is 14.4 Å². The number of hydrogen-bond donors (Lipinski definition) is 2. The van der Waals surface area contributed by atoms with Crippen molar-refractivity contribution in [2.24, 2.45) is 0 Å². The molecule has 0 aromatic heterocycles. The van der Waals surface area contributed by atoms with Gasteiger partial charge in [0.25, 0.3) is 0 Å². The Labute approximate surface area is 172 Å². The molecule has 3 rings (SSSR count). The Morgan fingerprint density at radius 1 is 1.00 bits per heavy atom. The minimum Gasteiger partial charge on any atom is -0.481 e. The molecule has 1 aliphatic rings. The molecule has 1 unspecified atom stereocenters. The van der Waals surface area contributed by atoms with E-state index in [1.807, 2.05) is 6.08 Å². The van der Waals surface area contributed by atoms with Crippen LogP contribution in [0.1, 0.15) is 34.7 Å². The van der Waals surface area contributed by atoms with Gasteiger partial charge in [-0.05, 0) is 40.5 Å². The van der Waals surface area contributed by atoms with Crippen molar-refractivity contribution in [2.75, 3.05) is 0 Å². The van der Waals surface area contributed by atoms with E-state index in [1.54, 1.807) is 42.5 Å². The molecular weight excluding hydrogens is 401 g/mol. The first-order valence-electron chi connectivity index (χ1n) is 8.60. The molecule has 7 heteroatoms. The molecule has 144 valence electrons. The van der Waals surface area contributed by atoms with Gasteiger partial charge in [0.2, 0.25) is 5.91 Å². The predicted octanol–water partition coefficient (Wildman–Crippen LogP) is 4.01. The minimum atomic E-state index is -1.17. The van der Waals surface area contributed by atoms with E-state index in [0.717, 1.165) is 16.7 Å². The van der Waals surface area contributed by atoms with Crippen molar-refractivity contribution in [1.82, 2.24) is 5.32 Å². The van der Waals surface area contributed by atoms with Crippen molar-refractivity contribution in [1.29, 1.82) is 0 Å². The summed E-state index contributed by atoms with van der Waals surface area (Å²) in [5.41, 5.74) is 3.01. The first-order chi connectivity index (χ1) is 13.3. The van der Waals surface area contributed by atoms with Crippen LogP contribution in [-0.4, -0.2) is 22.8 Å². The van der Waals surface area contributed by atoms with Gasteiger partial charge in [0.05, 0.1) is 12.5 Å². The zero-order valence-corrected chi connectivity index (χ0v) is 16.3. The number of aliphatic carboxylic acids is 1. The molecule has 0 aliphatic heterocycles. The topological polar surface area (TPSA) is 83.5 Å². The third kappa shape index (κ3) is 4.80. The zero-order chi connectivity index (χ0) is 20.3. The summed E-state index contributed by atoms with van der Waals surface area (Å²) in [6.07, 6.45) is 3.23. The van der Waals surface area contributed by atoms with Gasteiger partial charge in [-0.1, -0.05) is 53.6 Å². The summed E-state index contributed by atoms with van der Waals surface area (Å²) in [7, 11) is 0. The van der Waals surface area contributed by atoms with Crippen molar-refractivity contribution >= 4 is 46.9 Å². The molecule has 1 atom stereocenters. The SMILES string of the molecule is O=C(O)CC(=O)Cc1c(Cl)ccc2c1C=CC2NC(=O)Cc1ccc(Cl)cc1. The van der Waals surface area contributed by atoms with E-state index >= 15 is 0 Å². The number of carboxylic acids is 1. The second kappa shape index (κ2) is 8.59. The molecule has 0 spiro atoms. The zero-order valence-electron chi connectivity index (χ0n) is 14.7. The van der Waals surface area contributed by atoms with Crippen molar-refractivity contribution in [3.63, 3.8) is 0 Å². The van der Waals surface area contributed by atoms with Crippen LogP contribution in [0.2, 0.25) is 10.0 Å². The number of nitrogens with one attached hydrogen (secondary N) is 1. The average Bonchev–Trinajstić information content (AvgIpc) is 3.01. The Morgan fingerprint density at radius 2 is 1.71 bits per heavy atom. The number of fused-ring (bicyclic) bond motifs is 1. The molecule has 0 bridgehead atoms. The summed E-state index contributed by atoms with van der Waals surface area (Å²) in [5, 5.41) is 12.7. The summed E-state index contributed by atoms with van der Waals surface area (Å²) in [4.78, 5) is 35.0. The molecule has 0 heterocycles. The van der Waals surface area contributed by atoms with Crippen LogP contribution in [0, 0.1) is 0 Å². The van der Waals surface area contributed by atoms with Gasteiger partial charge in [0, 0.05) is 16.5 Å². The first-order valence-corrected chi connectivity index (χ1v) is 9.36. The molecule has 0 saturated carbocycles. The van der Waals surface area contributed by atoms with Crippen LogP contribution in [0.25, 0.3) is 6.08 Å². The number of hydrogen-bond acceptors (Lipinski definition) is 3. The second-order valence-corrected chi connectivity index (χ2v) is 7.37. The van der Waals surface area contributed by atoms with Crippen molar-refractivity contribution < 1.29 is 19.5 Å². The molecule has 2 aromatic carbocycles. The molecule has 1 aliphatic carbocycles. The van der Waals surface area contributed by atoms with E-state index in [1.165, 1.54) is 0 Å². The van der Waals surface area contributed by atoms with Crippen molar-refractivity contribution in [3.8, 4) is 0 Å². The third-order valence-electron chi connectivity index (χ3n) is 4.44. The smallest absolute Gasteiger partial charge is 0.310 e. The van der Waals surface area contributed by atoms with Gasteiger partial charge in [-0.25, -0.2) is 0 Å². The summed E-state index contributed by atoms with van der Waals surface area (Å²) in [5.74, 6) is -1.74. The van der Waals surface area contributed by atoms with Crippen LogP contribution < -0.4 is 5.32 Å². The normalized spacial score (nSPS) is 14.6. The van der Waals surface area contributed by atoms with Gasteiger partial charge in [0.1, 0.15) is 12.2 Å². The Hall–Kier alpha value is -2.63. The van der Waals surface area contributed by atoms with Crippen LogP contribution in [0.3, 0.4) is 0 Å². The summed E-state index contributed by atoms with van der Waals surface area (Å²) in [6, 6.07) is 10.2. The monoisotopic (exact) mass is 417 g/mol. The van der Waals surface area contributed by atoms with Crippen LogP contribution in [-0.2, 0) is 27.2 Å². The largest absolute Gasteiger partial charge is 0.481 e. The first kappa shape index (κ1) is 20.1. The quantitative estimate of drug-likeness (QED) is 0.666.